The summed E-state index contributed by atoms with van der Waals surface area (Å²) in [7, 11) is 1.64. The van der Waals surface area contributed by atoms with E-state index in [1.165, 1.54) is 0 Å². The SMILES string of the molecule is COc1ccc(O[C@H]2O[C@H](COCc3ccccc3)[C@@H](OCc3ccccc3)[C@H](OCc3ccccc3)[C@@H]2OC(c2ccccc2)c2ccccc2)cc1. The van der Waals surface area contributed by atoms with Gasteiger partial charge in [-0.3, -0.25) is 0 Å². The Hall–Kier alpha value is -5.28. The van der Waals surface area contributed by atoms with Crippen LogP contribution in [0, 0.1) is 0 Å². The maximum Gasteiger partial charge on any atom is 0.229 e. The average Bonchev–Trinajstić information content (AvgIpc) is 3.24. The molecule has 0 amide bonds. The summed E-state index contributed by atoms with van der Waals surface area (Å²) in [6.45, 7) is 1.31. The van der Waals surface area contributed by atoms with Gasteiger partial charge in [0.15, 0.2) is 0 Å². The zero-order valence-electron chi connectivity index (χ0n) is 30.4. The molecule has 0 radical (unpaired) electrons. The van der Waals surface area contributed by atoms with Crippen molar-refractivity contribution in [1.29, 1.82) is 0 Å². The van der Waals surface area contributed by atoms with Crippen LogP contribution in [0.2, 0.25) is 0 Å². The number of rotatable bonds is 17. The topological polar surface area (TPSA) is 64.6 Å². The largest absolute Gasteiger partial charge is 0.497 e. The summed E-state index contributed by atoms with van der Waals surface area (Å²) in [5, 5.41) is 0. The molecule has 0 aromatic heterocycles. The van der Waals surface area contributed by atoms with Crippen LogP contribution in [0.1, 0.15) is 33.9 Å². The maximum atomic E-state index is 7.28. The van der Waals surface area contributed by atoms with E-state index < -0.39 is 36.8 Å². The van der Waals surface area contributed by atoms with Crippen LogP contribution < -0.4 is 9.47 Å². The van der Waals surface area contributed by atoms with E-state index in [0.29, 0.717) is 25.6 Å². The highest BCUT2D eigenvalue weighted by atomic mass is 16.7. The first-order valence-electron chi connectivity index (χ1n) is 18.4. The standard InChI is InChI=1S/C47H46O7/c1-48-40-27-29-41(30-28-40)52-47-46(54-43(38-23-13-5-14-24-38)39-25-15-6-16-26-39)45(51-33-37-21-11-4-12-22-37)44(50-32-36-19-9-3-10-20-36)42(53-47)34-49-31-35-17-7-2-8-18-35/h2-30,42-47H,31-34H2,1H3/t42-,44-,45+,46+,47+/m1/s1. The molecule has 0 unspecified atom stereocenters. The van der Waals surface area contributed by atoms with E-state index in [4.69, 9.17) is 33.2 Å². The van der Waals surface area contributed by atoms with Crippen molar-refractivity contribution in [2.24, 2.45) is 0 Å². The van der Waals surface area contributed by atoms with Gasteiger partial charge in [0.2, 0.25) is 6.29 Å². The maximum absolute atomic E-state index is 7.28. The summed E-state index contributed by atoms with van der Waals surface area (Å²) >= 11 is 0. The van der Waals surface area contributed by atoms with Crippen molar-refractivity contribution in [2.45, 2.75) is 56.6 Å². The number of hydrogen-bond acceptors (Lipinski definition) is 7. The summed E-state index contributed by atoms with van der Waals surface area (Å²) in [6, 6.07) is 58.2. The first-order valence-corrected chi connectivity index (χ1v) is 18.4. The molecular formula is C47H46O7. The van der Waals surface area contributed by atoms with Gasteiger partial charge < -0.3 is 33.2 Å². The Morgan fingerprint density at radius 3 is 1.43 bits per heavy atom. The van der Waals surface area contributed by atoms with Crippen molar-refractivity contribution in [3.05, 3.63) is 204 Å². The number of methoxy groups -OCH3 is 1. The Labute approximate surface area is 318 Å². The number of hydrogen-bond donors (Lipinski definition) is 0. The smallest absolute Gasteiger partial charge is 0.229 e. The Bertz CT molecular complexity index is 1890. The molecule has 1 aliphatic rings. The molecular weight excluding hydrogens is 677 g/mol. The van der Waals surface area contributed by atoms with E-state index in [0.717, 1.165) is 33.6 Å². The van der Waals surface area contributed by atoms with Crippen LogP contribution in [-0.2, 0) is 43.5 Å². The van der Waals surface area contributed by atoms with E-state index in [1.807, 2.05) is 127 Å². The van der Waals surface area contributed by atoms with Crippen LogP contribution in [-0.4, -0.2) is 44.4 Å². The molecule has 1 heterocycles. The van der Waals surface area contributed by atoms with Crippen molar-refractivity contribution in [2.75, 3.05) is 13.7 Å². The van der Waals surface area contributed by atoms with Crippen LogP contribution in [0.15, 0.2) is 176 Å². The third-order valence-electron chi connectivity index (χ3n) is 9.36. The van der Waals surface area contributed by atoms with Gasteiger partial charge in [0, 0.05) is 0 Å². The minimum Gasteiger partial charge on any atom is -0.497 e. The van der Waals surface area contributed by atoms with Crippen LogP contribution in [0.4, 0.5) is 0 Å². The lowest BCUT2D eigenvalue weighted by Gasteiger charge is -2.46. The highest BCUT2D eigenvalue weighted by molar-refractivity contribution is 5.32. The predicted molar refractivity (Wildman–Crippen MR) is 208 cm³/mol. The number of ether oxygens (including phenoxy) is 7. The lowest BCUT2D eigenvalue weighted by atomic mass is 9.96. The van der Waals surface area contributed by atoms with Crippen molar-refractivity contribution >= 4 is 0 Å². The van der Waals surface area contributed by atoms with Gasteiger partial charge in [0.25, 0.3) is 0 Å². The van der Waals surface area contributed by atoms with E-state index >= 15 is 0 Å². The monoisotopic (exact) mass is 722 g/mol. The highest BCUT2D eigenvalue weighted by Crippen LogP contribution is 2.37. The summed E-state index contributed by atoms with van der Waals surface area (Å²) in [5.74, 6) is 1.32. The molecule has 0 spiro atoms. The first kappa shape index (κ1) is 37.1. The molecule has 1 saturated heterocycles. The Balaban J connectivity index is 1.28. The van der Waals surface area contributed by atoms with E-state index in [1.54, 1.807) is 7.11 Å². The quantitative estimate of drug-likeness (QED) is 0.0930. The van der Waals surface area contributed by atoms with Gasteiger partial charge in [-0.05, 0) is 52.1 Å². The van der Waals surface area contributed by atoms with Gasteiger partial charge in [-0.15, -0.1) is 0 Å². The van der Waals surface area contributed by atoms with Crippen LogP contribution >= 0.6 is 0 Å². The molecule has 276 valence electrons. The fourth-order valence-corrected chi connectivity index (χ4v) is 6.59. The molecule has 54 heavy (non-hydrogen) atoms. The molecule has 0 aliphatic carbocycles. The molecule has 6 aromatic rings. The minimum absolute atomic E-state index is 0.232. The summed E-state index contributed by atoms with van der Waals surface area (Å²) in [6.07, 6.45) is -3.95. The summed E-state index contributed by atoms with van der Waals surface area (Å²) in [5.41, 5.74) is 5.10. The third-order valence-corrected chi connectivity index (χ3v) is 9.36. The second kappa shape index (κ2) is 19.2. The molecule has 7 rings (SSSR count). The fourth-order valence-electron chi connectivity index (χ4n) is 6.59. The zero-order chi connectivity index (χ0) is 36.8. The second-order valence-electron chi connectivity index (χ2n) is 13.2. The molecule has 0 saturated carbocycles. The number of benzene rings is 6. The van der Waals surface area contributed by atoms with Gasteiger partial charge in [0.05, 0.1) is 33.5 Å². The first-order chi connectivity index (χ1) is 26.7. The second-order valence-corrected chi connectivity index (χ2v) is 13.2. The van der Waals surface area contributed by atoms with Crippen molar-refractivity contribution in [3.8, 4) is 11.5 Å². The van der Waals surface area contributed by atoms with Crippen molar-refractivity contribution in [3.63, 3.8) is 0 Å². The van der Waals surface area contributed by atoms with Crippen LogP contribution in [0.3, 0.4) is 0 Å². The summed E-state index contributed by atoms with van der Waals surface area (Å²) in [4.78, 5) is 0. The highest BCUT2D eigenvalue weighted by Gasteiger charge is 2.50. The van der Waals surface area contributed by atoms with Gasteiger partial charge in [0.1, 0.15) is 42.0 Å². The van der Waals surface area contributed by atoms with Gasteiger partial charge in [-0.2, -0.15) is 0 Å². The normalized spacial score (nSPS) is 19.7. The minimum atomic E-state index is -0.906. The Morgan fingerprint density at radius 2 is 0.926 bits per heavy atom. The summed E-state index contributed by atoms with van der Waals surface area (Å²) < 4.78 is 46.6. The molecule has 0 bridgehead atoms. The van der Waals surface area contributed by atoms with Crippen molar-refractivity contribution in [1.82, 2.24) is 0 Å². The fraction of sp³-hybridized carbons (Fsp3) is 0.234. The Kier molecular flexibility index (Phi) is 13.2. The van der Waals surface area contributed by atoms with E-state index in [2.05, 4.69) is 48.5 Å². The lowest BCUT2D eigenvalue weighted by molar-refractivity contribution is -0.313. The molecule has 0 N–H and O–H groups in total. The molecule has 6 aromatic carbocycles. The van der Waals surface area contributed by atoms with Crippen LogP contribution in [0.5, 0.6) is 11.5 Å². The molecule has 7 nitrogen and oxygen atoms in total. The van der Waals surface area contributed by atoms with Gasteiger partial charge >= 0.3 is 0 Å². The average molecular weight is 723 g/mol. The molecule has 1 fully saturated rings. The molecule has 1 aliphatic heterocycles. The van der Waals surface area contributed by atoms with Crippen molar-refractivity contribution < 1.29 is 33.2 Å². The zero-order valence-corrected chi connectivity index (χ0v) is 30.4. The van der Waals surface area contributed by atoms with Crippen LogP contribution in [0.25, 0.3) is 0 Å². The Morgan fingerprint density at radius 1 is 0.481 bits per heavy atom. The van der Waals surface area contributed by atoms with Gasteiger partial charge in [-0.25, -0.2) is 0 Å². The third kappa shape index (κ3) is 10.0. The van der Waals surface area contributed by atoms with E-state index in [9.17, 15) is 0 Å². The predicted octanol–water partition coefficient (Wildman–Crippen LogP) is 9.36. The van der Waals surface area contributed by atoms with Gasteiger partial charge in [-0.1, -0.05) is 152 Å². The lowest BCUT2D eigenvalue weighted by Crippen LogP contribution is -2.62. The van der Waals surface area contributed by atoms with E-state index in [-0.39, 0.29) is 6.61 Å². The molecule has 7 heteroatoms. The molecule has 5 atom stereocenters.